The molecule has 5 nitrogen and oxygen atoms in total. The van der Waals surface area contributed by atoms with Gasteiger partial charge in [-0.05, 0) is 24.3 Å². The van der Waals surface area contributed by atoms with Gasteiger partial charge in [0.2, 0.25) is 0 Å². The summed E-state index contributed by atoms with van der Waals surface area (Å²) in [6.45, 7) is 0. The van der Waals surface area contributed by atoms with Gasteiger partial charge in [0.05, 0.1) is 11.0 Å². The number of hydrogen-bond acceptors (Lipinski definition) is 4. The normalized spacial score (nSPS) is 17.9. The van der Waals surface area contributed by atoms with Gasteiger partial charge in [0.25, 0.3) is 0 Å². The minimum Gasteiger partial charge on any atom is -0.458 e. The summed E-state index contributed by atoms with van der Waals surface area (Å²) in [6, 6.07) is 45.9. The first-order chi connectivity index (χ1) is 21.3. The highest BCUT2D eigenvalue weighted by Crippen LogP contribution is 2.47. The van der Waals surface area contributed by atoms with Crippen LogP contribution in [0.1, 0.15) is 28.5 Å². The van der Waals surface area contributed by atoms with Crippen molar-refractivity contribution in [1.29, 1.82) is 0 Å². The van der Waals surface area contributed by atoms with E-state index in [0.717, 1.165) is 44.8 Å². The zero-order valence-corrected chi connectivity index (χ0v) is 23.2. The van der Waals surface area contributed by atoms with Crippen LogP contribution in [0, 0.1) is 0 Å². The minimum absolute atomic E-state index is 0.140. The van der Waals surface area contributed by atoms with Crippen molar-refractivity contribution < 1.29 is 4.42 Å². The van der Waals surface area contributed by atoms with Crippen molar-refractivity contribution in [3.8, 4) is 0 Å². The Morgan fingerprint density at radius 1 is 0.605 bits per heavy atom. The summed E-state index contributed by atoms with van der Waals surface area (Å²) in [5, 5.41) is 7.25. The van der Waals surface area contributed by atoms with Gasteiger partial charge in [0.1, 0.15) is 29.4 Å². The van der Waals surface area contributed by atoms with Gasteiger partial charge in [0.15, 0.2) is 5.84 Å². The maximum atomic E-state index is 6.71. The molecule has 1 aliphatic heterocycles. The van der Waals surface area contributed by atoms with E-state index in [1.165, 1.54) is 21.8 Å². The lowest BCUT2D eigenvalue weighted by molar-refractivity contribution is 0.511. The summed E-state index contributed by atoms with van der Waals surface area (Å²) < 4.78 is 9.12. The van der Waals surface area contributed by atoms with Crippen molar-refractivity contribution in [3.05, 3.63) is 162 Å². The molecule has 2 atom stereocenters. The van der Waals surface area contributed by atoms with E-state index in [4.69, 9.17) is 14.4 Å². The Hall–Kier alpha value is -5.68. The van der Waals surface area contributed by atoms with Crippen molar-refractivity contribution >= 4 is 50.0 Å². The standard InChI is InChI=1S/C38H26N4O/c1-3-13-24(14-4-1)36-39-37(25-15-5-2-6-16-25)41-38(40-36)29-23-32(35-34(29)28-19-9-12-22-33(28)43-35)42-30-20-10-7-17-26(30)27-18-8-11-21-31(27)42/h1-23,32,38H,(H,39,40,41). The molecular weight excluding hydrogens is 528 g/mol. The molecule has 2 aromatic heterocycles. The zero-order chi connectivity index (χ0) is 28.3. The van der Waals surface area contributed by atoms with Gasteiger partial charge in [-0.2, -0.15) is 0 Å². The van der Waals surface area contributed by atoms with E-state index in [2.05, 4.69) is 107 Å². The molecule has 1 aliphatic carbocycles. The van der Waals surface area contributed by atoms with Crippen LogP contribution in [0.2, 0.25) is 0 Å². The van der Waals surface area contributed by atoms with E-state index in [1.54, 1.807) is 0 Å². The molecule has 3 heterocycles. The van der Waals surface area contributed by atoms with Crippen LogP contribution in [-0.4, -0.2) is 22.4 Å². The van der Waals surface area contributed by atoms with Crippen molar-refractivity contribution in [2.75, 3.05) is 0 Å². The third-order valence-electron chi connectivity index (χ3n) is 8.53. The molecule has 1 N–H and O–H groups in total. The lowest BCUT2D eigenvalue weighted by Crippen LogP contribution is -2.39. The predicted octanol–water partition coefficient (Wildman–Crippen LogP) is 8.35. The fourth-order valence-electron chi connectivity index (χ4n) is 6.64. The highest BCUT2D eigenvalue weighted by Gasteiger charge is 2.37. The van der Waals surface area contributed by atoms with Gasteiger partial charge >= 0.3 is 0 Å². The monoisotopic (exact) mass is 554 g/mol. The van der Waals surface area contributed by atoms with Gasteiger partial charge in [-0.3, -0.25) is 0 Å². The molecule has 5 aromatic carbocycles. The molecule has 5 heteroatoms. The quantitative estimate of drug-likeness (QED) is 0.238. The molecule has 0 radical (unpaired) electrons. The van der Waals surface area contributed by atoms with Crippen LogP contribution in [0.5, 0.6) is 0 Å². The minimum atomic E-state index is -0.360. The maximum absolute atomic E-state index is 6.71. The molecule has 0 spiro atoms. The number of nitrogens with one attached hydrogen (secondary N) is 1. The second kappa shape index (κ2) is 9.43. The summed E-state index contributed by atoms with van der Waals surface area (Å²) in [5.41, 5.74) is 7.42. The highest BCUT2D eigenvalue weighted by molar-refractivity contribution is 6.14. The largest absolute Gasteiger partial charge is 0.458 e. The van der Waals surface area contributed by atoms with E-state index in [1.807, 2.05) is 42.5 Å². The van der Waals surface area contributed by atoms with Crippen LogP contribution in [0.25, 0.3) is 38.3 Å². The Morgan fingerprint density at radius 3 is 1.88 bits per heavy atom. The summed E-state index contributed by atoms with van der Waals surface area (Å²) in [5.74, 6) is 2.44. The van der Waals surface area contributed by atoms with Crippen LogP contribution in [0.15, 0.2) is 154 Å². The predicted molar refractivity (Wildman–Crippen MR) is 175 cm³/mol. The molecule has 7 aromatic rings. The highest BCUT2D eigenvalue weighted by atomic mass is 16.3. The topological polar surface area (TPSA) is 54.8 Å². The summed E-state index contributed by atoms with van der Waals surface area (Å²) in [4.78, 5) is 10.2. The van der Waals surface area contributed by atoms with Gasteiger partial charge in [-0.1, -0.05) is 115 Å². The number of furan rings is 1. The van der Waals surface area contributed by atoms with E-state index >= 15 is 0 Å². The van der Waals surface area contributed by atoms with Crippen LogP contribution in [-0.2, 0) is 0 Å². The molecule has 2 aliphatic rings. The molecule has 43 heavy (non-hydrogen) atoms. The number of para-hydroxylation sites is 3. The lowest BCUT2D eigenvalue weighted by atomic mass is 10.0. The maximum Gasteiger partial charge on any atom is 0.159 e. The first-order valence-electron chi connectivity index (χ1n) is 14.6. The summed E-state index contributed by atoms with van der Waals surface area (Å²) in [7, 11) is 0. The van der Waals surface area contributed by atoms with Crippen LogP contribution < -0.4 is 5.32 Å². The number of benzene rings is 5. The molecule has 0 fully saturated rings. The number of rotatable bonds is 4. The van der Waals surface area contributed by atoms with Crippen LogP contribution in [0.4, 0.5) is 0 Å². The van der Waals surface area contributed by atoms with Crippen molar-refractivity contribution in [2.24, 2.45) is 9.98 Å². The Labute approximate surface area is 248 Å². The summed E-state index contributed by atoms with van der Waals surface area (Å²) >= 11 is 0. The second-order valence-corrected chi connectivity index (χ2v) is 11.0. The molecule has 204 valence electrons. The van der Waals surface area contributed by atoms with Crippen molar-refractivity contribution in [2.45, 2.75) is 12.2 Å². The number of nitrogens with zero attached hydrogens (tertiary/aromatic N) is 3. The Balaban J connectivity index is 1.28. The number of aromatic nitrogens is 1. The van der Waals surface area contributed by atoms with E-state index < -0.39 is 0 Å². The Morgan fingerprint density at radius 2 is 1.19 bits per heavy atom. The molecule has 9 rings (SSSR count). The average Bonchev–Trinajstić information content (AvgIpc) is 3.74. The number of amidine groups is 2. The third-order valence-corrected chi connectivity index (χ3v) is 8.53. The second-order valence-electron chi connectivity index (χ2n) is 11.0. The first kappa shape index (κ1) is 24.0. The van der Waals surface area contributed by atoms with E-state index in [9.17, 15) is 0 Å². The van der Waals surface area contributed by atoms with Crippen molar-refractivity contribution in [3.63, 3.8) is 0 Å². The fraction of sp³-hybridized carbons (Fsp3) is 0.0526. The van der Waals surface area contributed by atoms with Gasteiger partial charge in [0, 0.05) is 38.4 Å². The third kappa shape index (κ3) is 3.71. The lowest BCUT2D eigenvalue weighted by Gasteiger charge is -2.24. The fourth-order valence-corrected chi connectivity index (χ4v) is 6.64. The van der Waals surface area contributed by atoms with Crippen LogP contribution >= 0.6 is 0 Å². The molecular formula is C38H26N4O. The van der Waals surface area contributed by atoms with E-state index in [-0.39, 0.29) is 12.2 Å². The van der Waals surface area contributed by atoms with Gasteiger partial charge in [-0.15, -0.1) is 0 Å². The Kier molecular flexibility index (Phi) is 5.26. The van der Waals surface area contributed by atoms with Crippen molar-refractivity contribution in [1.82, 2.24) is 9.88 Å². The van der Waals surface area contributed by atoms with Crippen LogP contribution in [0.3, 0.4) is 0 Å². The van der Waals surface area contributed by atoms with E-state index in [0.29, 0.717) is 5.84 Å². The SMILES string of the molecule is C1=C(C2N=C(c3ccccc3)N=C(c3ccccc3)N2)c2c(oc3ccccc23)C1n1c2ccccc2c2ccccc21. The molecule has 0 saturated carbocycles. The number of fused-ring (bicyclic) bond motifs is 6. The average molecular weight is 555 g/mol. The Bertz CT molecular complexity index is 2220. The number of allylic oxidation sites excluding steroid dienone is 1. The first-order valence-corrected chi connectivity index (χ1v) is 14.6. The number of hydrogen-bond donors (Lipinski definition) is 1. The zero-order valence-electron chi connectivity index (χ0n) is 23.2. The molecule has 0 saturated heterocycles. The number of aliphatic imine (C=N–C) groups is 2. The summed E-state index contributed by atoms with van der Waals surface area (Å²) in [6.07, 6.45) is 1.97. The molecule has 2 unspecified atom stereocenters. The molecule has 0 amide bonds. The smallest absolute Gasteiger partial charge is 0.159 e. The van der Waals surface area contributed by atoms with Gasteiger partial charge < -0.3 is 14.3 Å². The molecule has 0 bridgehead atoms. The van der Waals surface area contributed by atoms with Gasteiger partial charge in [-0.25, -0.2) is 9.98 Å².